The van der Waals surface area contributed by atoms with E-state index < -0.39 is 0 Å². The summed E-state index contributed by atoms with van der Waals surface area (Å²) in [5, 5.41) is 0. The summed E-state index contributed by atoms with van der Waals surface area (Å²) in [6, 6.07) is 6.08. The van der Waals surface area contributed by atoms with Crippen LogP contribution in [0.3, 0.4) is 0 Å². The predicted octanol–water partition coefficient (Wildman–Crippen LogP) is 3.04. The van der Waals surface area contributed by atoms with Gasteiger partial charge < -0.3 is 4.74 Å². The Labute approximate surface area is 90.3 Å². The molecule has 15 heavy (non-hydrogen) atoms. The van der Waals surface area contributed by atoms with Gasteiger partial charge in [-0.25, -0.2) is 0 Å². The van der Waals surface area contributed by atoms with Gasteiger partial charge in [-0.15, -0.1) is 0 Å². The third-order valence-electron chi connectivity index (χ3n) is 3.05. The van der Waals surface area contributed by atoms with Gasteiger partial charge in [-0.3, -0.25) is 4.79 Å². The molecule has 1 aliphatic heterocycles. The summed E-state index contributed by atoms with van der Waals surface area (Å²) in [5.41, 5.74) is 2.23. The predicted molar refractivity (Wildman–Crippen MR) is 59.0 cm³/mol. The van der Waals surface area contributed by atoms with E-state index in [0.717, 1.165) is 11.3 Å². The SMILES string of the molecule is Cc1cccc2c1OC(=O)CC2C(C)C. The van der Waals surface area contributed by atoms with Crippen LogP contribution in [0.1, 0.15) is 37.3 Å². The van der Waals surface area contributed by atoms with Gasteiger partial charge in [-0.05, 0) is 24.0 Å². The Morgan fingerprint density at radius 2 is 2.13 bits per heavy atom. The molecule has 0 saturated heterocycles. The van der Waals surface area contributed by atoms with Gasteiger partial charge in [0.25, 0.3) is 0 Å². The van der Waals surface area contributed by atoms with Crippen LogP contribution >= 0.6 is 0 Å². The molecular formula is C13H16O2. The molecule has 1 atom stereocenters. The molecular weight excluding hydrogens is 188 g/mol. The van der Waals surface area contributed by atoms with Gasteiger partial charge in [0.15, 0.2) is 0 Å². The van der Waals surface area contributed by atoms with Crippen molar-refractivity contribution >= 4 is 5.97 Å². The first-order chi connectivity index (χ1) is 7.09. The molecule has 1 heterocycles. The van der Waals surface area contributed by atoms with Crippen molar-refractivity contribution in [2.45, 2.75) is 33.1 Å². The quantitative estimate of drug-likeness (QED) is 0.519. The van der Waals surface area contributed by atoms with Crippen LogP contribution in [-0.2, 0) is 4.79 Å². The van der Waals surface area contributed by atoms with Gasteiger partial charge in [0.05, 0.1) is 6.42 Å². The zero-order valence-corrected chi connectivity index (χ0v) is 9.41. The third kappa shape index (κ3) is 1.76. The summed E-state index contributed by atoms with van der Waals surface area (Å²) < 4.78 is 5.30. The first kappa shape index (κ1) is 10.2. The maximum Gasteiger partial charge on any atom is 0.311 e. The Balaban J connectivity index is 2.51. The fraction of sp³-hybridized carbons (Fsp3) is 0.462. The van der Waals surface area contributed by atoms with Crippen LogP contribution in [0.4, 0.5) is 0 Å². The van der Waals surface area contributed by atoms with Crippen molar-refractivity contribution < 1.29 is 9.53 Å². The smallest absolute Gasteiger partial charge is 0.311 e. The van der Waals surface area contributed by atoms with Crippen molar-refractivity contribution in [3.63, 3.8) is 0 Å². The molecule has 0 N–H and O–H groups in total. The third-order valence-corrected chi connectivity index (χ3v) is 3.05. The van der Waals surface area contributed by atoms with Crippen molar-refractivity contribution in [3.05, 3.63) is 29.3 Å². The molecule has 2 rings (SSSR count). The Morgan fingerprint density at radius 3 is 2.80 bits per heavy atom. The summed E-state index contributed by atoms with van der Waals surface area (Å²) in [5.74, 6) is 1.46. The Bertz CT molecular complexity index is 394. The fourth-order valence-corrected chi connectivity index (χ4v) is 2.15. The molecule has 1 aliphatic rings. The molecule has 0 bridgehead atoms. The van der Waals surface area contributed by atoms with E-state index in [9.17, 15) is 4.79 Å². The first-order valence-electron chi connectivity index (χ1n) is 5.39. The molecule has 0 aliphatic carbocycles. The van der Waals surface area contributed by atoms with Crippen LogP contribution < -0.4 is 4.74 Å². The number of esters is 1. The van der Waals surface area contributed by atoms with Gasteiger partial charge >= 0.3 is 5.97 Å². The Hall–Kier alpha value is -1.31. The van der Waals surface area contributed by atoms with E-state index in [4.69, 9.17) is 4.74 Å². The second-order valence-corrected chi connectivity index (χ2v) is 4.52. The van der Waals surface area contributed by atoms with E-state index in [1.165, 1.54) is 5.56 Å². The van der Waals surface area contributed by atoms with E-state index >= 15 is 0 Å². The maximum absolute atomic E-state index is 11.5. The molecule has 2 nitrogen and oxygen atoms in total. The topological polar surface area (TPSA) is 26.3 Å². The van der Waals surface area contributed by atoms with Gasteiger partial charge in [0, 0.05) is 5.92 Å². The van der Waals surface area contributed by atoms with Gasteiger partial charge in [0.1, 0.15) is 5.75 Å². The molecule has 0 radical (unpaired) electrons. The summed E-state index contributed by atoms with van der Waals surface area (Å²) in [4.78, 5) is 11.5. The average Bonchev–Trinajstić information content (AvgIpc) is 2.18. The van der Waals surface area contributed by atoms with Crippen LogP contribution in [0, 0.1) is 12.8 Å². The summed E-state index contributed by atoms with van der Waals surface area (Å²) in [7, 11) is 0. The number of hydrogen-bond acceptors (Lipinski definition) is 2. The van der Waals surface area contributed by atoms with Crippen LogP contribution in [0.5, 0.6) is 5.75 Å². The van der Waals surface area contributed by atoms with Gasteiger partial charge in [0.2, 0.25) is 0 Å². The zero-order valence-electron chi connectivity index (χ0n) is 9.41. The molecule has 0 fully saturated rings. The molecule has 80 valence electrons. The average molecular weight is 204 g/mol. The fourth-order valence-electron chi connectivity index (χ4n) is 2.15. The van der Waals surface area contributed by atoms with E-state index in [2.05, 4.69) is 19.9 Å². The number of rotatable bonds is 1. The van der Waals surface area contributed by atoms with Crippen molar-refractivity contribution in [2.24, 2.45) is 5.92 Å². The minimum atomic E-state index is -0.101. The summed E-state index contributed by atoms with van der Waals surface area (Å²) in [6.45, 7) is 6.28. The lowest BCUT2D eigenvalue weighted by molar-refractivity contribution is -0.136. The van der Waals surface area contributed by atoms with Crippen molar-refractivity contribution in [2.75, 3.05) is 0 Å². The molecule has 0 saturated carbocycles. The Kier molecular flexibility index (Phi) is 2.51. The van der Waals surface area contributed by atoms with Crippen molar-refractivity contribution in [3.8, 4) is 5.75 Å². The van der Waals surface area contributed by atoms with Crippen molar-refractivity contribution in [1.82, 2.24) is 0 Å². The van der Waals surface area contributed by atoms with Crippen LogP contribution in [-0.4, -0.2) is 5.97 Å². The molecule has 2 heteroatoms. The number of ether oxygens (including phenoxy) is 1. The maximum atomic E-state index is 11.5. The highest BCUT2D eigenvalue weighted by Gasteiger charge is 2.29. The monoisotopic (exact) mass is 204 g/mol. The highest BCUT2D eigenvalue weighted by Crippen LogP contribution is 2.40. The number of hydrogen-bond donors (Lipinski definition) is 0. The van der Waals surface area contributed by atoms with E-state index in [1.807, 2.05) is 19.1 Å². The van der Waals surface area contributed by atoms with Crippen LogP contribution in [0.2, 0.25) is 0 Å². The normalized spacial score (nSPS) is 20.0. The largest absolute Gasteiger partial charge is 0.426 e. The van der Waals surface area contributed by atoms with E-state index in [-0.39, 0.29) is 5.97 Å². The number of carbonyl (C=O) groups excluding carboxylic acids is 1. The lowest BCUT2D eigenvalue weighted by Crippen LogP contribution is -2.23. The molecule has 1 aromatic carbocycles. The van der Waals surface area contributed by atoms with Gasteiger partial charge in [-0.1, -0.05) is 32.0 Å². The van der Waals surface area contributed by atoms with Crippen LogP contribution in [0.25, 0.3) is 0 Å². The Morgan fingerprint density at radius 1 is 1.40 bits per heavy atom. The molecule has 0 spiro atoms. The first-order valence-corrected chi connectivity index (χ1v) is 5.39. The second kappa shape index (κ2) is 3.69. The summed E-state index contributed by atoms with van der Waals surface area (Å²) >= 11 is 0. The lowest BCUT2D eigenvalue weighted by atomic mass is 9.83. The van der Waals surface area contributed by atoms with Crippen molar-refractivity contribution in [1.29, 1.82) is 0 Å². The number of para-hydroxylation sites is 1. The molecule has 1 unspecified atom stereocenters. The summed E-state index contributed by atoms with van der Waals surface area (Å²) in [6.07, 6.45) is 0.508. The highest BCUT2D eigenvalue weighted by atomic mass is 16.5. The zero-order chi connectivity index (χ0) is 11.0. The number of benzene rings is 1. The lowest BCUT2D eigenvalue weighted by Gasteiger charge is -2.28. The number of fused-ring (bicyclic) bond motifs is 1. The van der Waals surface area contributed by atoms with E-state index in [0.29, 0.717) is 18.3 Å². The standard InChI is InChI=1S/C13H16O2/c1-8(2)11-7-12(14)15-13-9(3)5-4-6-10(11)13/h4-6,8,11H,7H2,1-3H3. The van der Waals surface area contributed by atoms with Crippen LogP contribution in [0.15, 0.2) is 18.2 Å². The number of carbonyl (C=O) groups is 1. The molecule has 1 aromatic rings. The van der Waals surface area contributed by atoms with Gasteiger partial charge in [-0.2, -0.15) is 0 Å². The van der Waals surface area contributed by atoms with E-state index in [1.54, 1.807) is 0 Å². The minimum Gasteiger partial charge on any atom is -0.426 e. The molecule has 0 aromatic heterocycles. The number of aryl methyl sites for hydroxylation is 1. The highest BCUT2D eigenvalue weighted by molar-refractivity contribution is 5.77. The molecule has 0 amide bonds. The second-order valence-electron chi connectivity index (χ2n) is 4.52. The minimum absolute atomic E-state index is 0.101.